The van der Waals surface area contributed by atoms with Crippen LogP contribution in [0.1, 0.15) is 49.7 Å². The number of ether oxygens (including phenoxy) is 2. The van der Waals surface area contributed by atoms with Gasteiger partial charge in [0.05, 0.1) is 13.2 Å². The first-order chi connectivity index (χ1) is 20.6. The first-order valence-corrected chi connectivity index (χ1v) is 14.8. The van der Waals surface area contributed by atoms with Crippen LogP contribution in [-0.2, 0) is 22.4 Å². The molecule has 2 amide bonds. The molecule has 0 fully saturated rings. The van der Waals surface area contributed by atoms with Crippen molar-refractivity contribution in [1.82, 2.24) is 0 Å². The predicted octanol–water partition coefficient (Wildman–Crippen LogP) is 7.85. The van der Waals surface area contributed by atoms with Gasteiger partial charge in [0.2, 0.25) is 11.8 Å². The van der Waals surface area contributed by atoms with E-state index in [1.54, 1.807) is 0 Å². The molecule has 0 aliphatic heterocycles. The minimum atomic E-state index is -0.0636. The molecule has 0 aromatic heterocycles. The number of hydrogen-bond acceptors (Lipinski definition) is 4. The molecule has 218 valence electrons. The molecule has 42 heavy (non-hydrogen) atoms. The Hall–Kier alpha value is -4.58. The van der Waals surface area contributed by atoms with Crippen LogP contribution in [-0.4, -0.2) is 25.0 Å². The number of rotatable bonds is 17. The Labute approximate surface area is 249 Å². The van der Waals surface area contributed by atoms with E-state index in [0.29, 0.717) is 38.9 Å². The Morgan fingerprint density at radius 1 is 0.476 bits per heavy atom. The molecule has 0 radical (unpaired) electrons. The predicted molar refractivity (Wildman–Crippen MR) is 169 cm³/mol. The average molecular weight is 565 g/mol. The van der Waals surface area contributed by atoms with Gasteiger partial charge in [-0.15, -0.1) is 0 Å². The minimum Gasteiger partial charge on any atom is -0.494 e. The van der Waals surface area contributed by atoms with Crippen molar-refractivity contribution in [1.29, 1.82) is 0 Å². The van der Waals surface area contributed by atoms with Crippen molar-refractivity contribution in [3.63, 3.8) is 0 Å². The van der Waals surface area contributed by atoms with Crippen molar-refractivity contribution < 1.29 is 19.1 Å². The summed E-state index contributed by atoms with van der Waals surface area (Å²) in [6.45, 7) is 1.28. The van der Waals surface area contributed by atoms with Crippen LogP contribution in [0.25, 0.3) is 0 Å². The highest BCUT2D eigenvalue weighted by atomic mass is 16.5. The number of hydrogen-bond donors (Lipinski definition) is 2. The molecule has 0 bridgehead atoms. The number of anilines is 2. The van der Waals surface area contributed by atoms with Crippen LogP contribution in [0.15, 0.2) is 109 Å². The van der Waals surface area contributed by atoms with Gasteiger partial charge in [-0.25, -0.2) is 0 Å². The summed E-state index contributed by atoms with van der Waals surface area (Å²) in [5, 5.41) is 5.82. The maximum atomic E-state index is 12.3. The van der Waals surface area contributed by atoms with Crippen LogP contribution in [0.3, 0.4) is 0 Å². The summed E-state index contributed by atoms with van der Waals surface area (Å²) in [5.41, 5.74) is 4.08. The zero-order valence-corrected chi connectivity index (χ0v) is 24.1. The van der Waals surface area contributed by atoms with Gasteiger partial charge >= 0.3 is 0 Å². The number of benzene rings is 4. The Bertz CT molecular complexity index is 1230. The second kappa shape index (κ2) is 17.3. The lowest BCUT2D eigenvalue weighted by molar-refractivity contribution is -0.118. The number of aryl methyl sites for hydroxylation is 2. The fourth-order valence-corrected chi connectivity index (χ4v) is 4.51. The zero-order chi connectivity index (χ0) is 29.2. The number of carbonyl (C=O) groups excluding carboxylic acids is 2. The van der Waals surface area contributed by atoms with Crippen LogP contribution >= 0.6 is 0 Å². The number of amides is 2. The number of unbranched alkanes of at least 4 members (excludes halogenated alkanes) is 1. The van der Waals surface area contributed by atoms with Crippen LogP contribution < -0.4 is 20.1 Å². The Morgan fingerprint density at radius 2 is 0.857 bits per heavy atom. The van der Waals surface area contributed by atoms with E-state index >= 15 is 0 Å². The summed E-state index contributed by atoms with van der Waals surface area (Å²) < 4.78 is 11.6. The van der Waals surface area contributed by atoms with E-state index in [9.17, 15) is 9.59 Å². The highest BCUT2D eigenvalue weighted by Crippen LogP contribution is 2.18. The third-order valence-electron chi connectivity index (χ3n) is 6.78. The van der Waals surface area contributed by atoms with Crippen molar-refractivity contribution in [2.75, 3.05) is 23.8 Å². The van der Waals surface area contributed by atoms with Gasteiger partial charge in [0.25, 0.3) is 0 Å². The molecule has 0 atom stereocenters. The lowest BCUT2D eigenvalue weighted by atomic mass is 10.1. The van der Waals surface area contributed by atoms with Gasteiger partial charge in [0.15, 0.2) is 0 Å². The van der Waals surface area contributed by atoms with Gasteiger partial charge in [-0.05, 0) is 98.2 Å². The van der Waals surface area contributed by atoms with Crippen LogP contribution in [0.5, 0.6) is 11.5 Å². The third kappa shape index (κ3) is 11.5. The summed E-state index contributed by atoms with van der Waals surface area (Å²) in [4.78, 5) is 24.6. The van der Waals surface area contributed by atoms with Crippen molar-refractivity contribution in [3.05, 3.63) is 120 Å². The molecule has 0 heterocycles. The third-order valence-corrected chi connectivity index (χ3v) is 6.78. The fraction of sp³-hybridized carbons (Fsp3) is 0.278. The molecule has 6 nitrogen and oxygen atoms in total. The molecule has 0 aliphatic rings. The minimum absolute atomic E-state index is 0.0636. The van der Waals surface area contributed by atoms with E-state index < -0.39 is 0 Å². The smallest absolute Gasteiger partial charge is 0.224 e. The molecule has 4 aromatic rings. The molecular weight excluding hydrogens is 524 g/mol. The SMILES string of the molecule is O=C(CCCCC(=O)Nc1ccc(OCCCc2ccccc2)cc1)Nc1ccc(OCCCc2ccccc2)cc1. The van der Waals surface area contributed by atoms with Gasteiger partial charge in [-0.2, -0.15) is 0 Å². The van der Waals surface area contributed by atoms with Crippen molar-refractivity contribution in [3.8, 4) is 11.5 Å². The summed E-state index contributed by atoms with van der Waals surface area (Å²) in [6, 6.07) is 35.6. The van der Waals surface area contributed by atoms with E-state index in [2.05, 4.69) is 34.9 Å². The number of carbonyl (C=O) groups is 2. The molecular formula is C36H40N2O4. The van der Waals surface area contributed by atoms with Crippen molar-refractivity contribution >= 4 is 23.2 Å². The quantitative estimate of drug-likeness (QED) is 0.128. The van der Waals surface area contributed by atoms with Crippen molar-refractivity contribution in [2.24, 2.45) is 0 Å². The molecule has 6 heteroatoms. The maximum absolute atomic E-state index is 12.3. The van der Waals surface area contributed by atoms with Gasteiger partial charge in [-0.1, -0.05) is 60.7 Å². The van der Waals surface area contributed by atoms with Crippen LogP contribution in [0, 0.1) is 0 Å². The summed E-state index contributed by atoms with van der Waals surface area (Å²) in [6.07, 6.45) is 5.85. The topological polar surface area (TPSA) is 76.7 Å². The monoisotopic (exact) mass is 564 g/mol. The Morgan fingerprint density at radius 3 is 1.24 bits per heavy atom. The fourth-order valence-electron chi connectivity index (χ4n) is 4.51. The average Bonchev–Trinajstić information content (AvgIpc) is 3.02. The summed E-state index contributed by atoms with van der Waals surface area (Å²) >= 11 is 0. The standard InChI is InChI=1S/C36H40N2O4/c39-35(37-31-19-23-33(24-20-31)41-27-9-15-29-11-3-1-4-12-29)17-7-8-18-36(40)38-32-21-25-34(26-22-32)42-28-10-16-30-13-5-2-6-14-30/h1-6,11-14,19-26H,7-10,15-18,27-28H2,(H,37,39)(H,38,40). The first-order valence-electron chi connectivity index (χ1n) is 14.8. The van der Waals surface area contributed by atoms with Crippen molar-refractivity contribution in [2.45, 2.75) is 51.4 Å². The van der Waals surface area contributed by atoms with E-state index in [1.165, 1.54) is 11.1 Å². The highest BCUT2D eigenvalue weighted by molar-refractivity contribution is 5.91. The lowest BCUT2D eigenvalue weighted by Gasteiger charge is -2.09. The van der Waals surface area contributed by atoms with E-state index in [-0.39, 0.29) is 11.8 Å². The van der Waals surface area contributed by atoms with Crippen LogP contribution in [0.4, 0.5) is 11.4 Å². The van der Waals surface area contributed by atoms with E-state index in [4.69, 9.17) is 9.47 Å². The molecule has 0 saturated heterocycles. The summed E-state index contributed by atoms with van der Waals surface area (Å²) in [7, 11) is 0. The van der Waals surface area contributed by atoms with Gasteiger partial charge in [-0.3, -0.25) is 9.59 Å². The Kier molecular flexibility index (Phi) is 12.5. The zero-order valence-electron chi connectivity index (χ0n) is 24.1. The molecule has 0 aliphatic carbocycles. The first kappa shape index (κ1) is 30.4. The highest BCUT2D eigenvalue weighted by Gasteiger charge is 2.07. The number of nitrogens with one attached hydrogen (secondary N) is 2. The van der Waals surface area contributed by atoms with Gasteiger partial charge in [0.1, 0.15) is 11.5 Å². The molecule has 0 saturated carbocycles. The van der Waals surface area contributed by atoms with Crippen LogP contribution in [0.2, 0.25) is 0 Å². The molecule has 2 N–H and O–H groups in total. The molecule has 4 aromatic carbocycles. The van der Waals surface area contributed by atoms with Gasteiger partial charge < -0.3 is 20.1 Å². The second-order valence-corrected chi connectivity index (χ2v) is 10.2. The molecule has 0 unspecified atom stereocenters. The van der Waals surface area contributed by atoms with E-state index in [0.717, 1.165) is 48.6 Å². The maximum Gasteiger partial charge on any atom is 0.224 e. The van der Waals surface area contributed by atoms with Gasteiger partial charge in [0, 0.05) is 24.2 Å². The largest absolute Gasteiger partial charge is 0.494 e. The normalized spacial score (nSPS) is 10.6. The van der Waals surface area contributed by atoms with E-state index in [1.807, 2.05) is 84.9 Å². The Balaban J connectivity index is 1.04. The molecule has 0 spiro atoms. The lowest BCUT2D eigenvalue weighted by Crippen LogP contribution is -2.13. The second-order valence-electron chi connectivity index (χ2n) is 10.2. The summed E-state index contributed by atoms with van der Waals surface area (Å²) in [5.74, 6) is 1.44. The molecule has 4 rings (SSSR count).